The number of anilines is 1. The molecule has 0 amide bonds. The second kappa shape index (κ2) is 8.42. The Morgan fingerprint density at radius 3 is 2.39 bits per heavy atom. The minimum atomic E-state index is -0.241. The van der Waals surface area contributed by atoms with Gasteiger partial charge < -0.3 is 19.6 Å². The molecule has 5 heteroatoms. The number of aliphatic hydroxyl groups is 1. The van der Waals surface area contributed by atoms with E-state index in [1.807, 2.05) is 6.92 Å². The first-order chi connectivity index (χ1) is 13.6. The van der Waals surface area contributed by atoms with Crippen molar-refractivity contribution in [3.8, 4) is 0 Å². The number of para-hydroxylation sites is 1. The maximum atomic E-state index is 12.0. The maximum absolute atomic E-state index is 12.0. The topological polar surface area (TPSA) is 53.0 Å². The highest BCUT2D eigenvalue weighted by Crippen LogP contribution is 2.42. The van der Waals surface area contributed by atoms with Crippen LogP contribution in [0.1, 0.15) is 51.9 Å². The first kappa shape index (κ1) is 19.7. The van der Waals surface area contributed by atoms with Crippen molar-refractivity contribution in [1.29, 1.82) is 0 Å². The average molecular weight is 387 g/mol. The third kappa shape index (κ3) is 3.67. The second-order valence-electron chi connectivity index (χ2n) is 8.69. The van der Waals surface area contributed by atoms with E-state index in [4.69, 9.17) is 4.74 Å². The van der Waals surface area contributed by atoms with E-state index in [0.29, 0.717) is 12.6 Å². The van der Waals surface area contributed by atoms with Gasteiger partial charge in [0.1, 0.15) is 0 Å². The normalized spacial score (nSPS) is 30.5. The number of rotatable bonds is 4. The lowest BCUT2D eigenvalue weighted by Gasteiger charge is -2.49. The zero-order chi connectivity index (χ0) is 19.6. The Labute approximate surface area is 168 Å². The Hall–Kier alpha value is -1.59. The molecule has 154 valence electrons. The third-order valence-corrected chi connectivity index (χ3v) is 7.35. The fourth-order valence-electron chi connectivity index (χ4n) is 5.73. The highest BCUT2D eigenvalue weighted by Gasteiger charge is 2.50. The zero-order valence-electron chi connectivity index (χ0n) is 17.1. The Kier molecular flexibility index (Phi) is 5.93. The van der Waals surface area contributed by atoms with Gasteiger partial charge in [-0.1, -0.05) is 18.2 Å². The van der Waals surface area contributed by atoms with Crippen LogP contribution in [-0.4, -0.2) is 59.9 Å². The van der Waals surface area contributed by atoms with E-state index in [9.17, 15) is 9.90 Å². The molecule has 1 aliphatic carbocycles. The summed E-state index contributed by atoms with van der Waals surface area (Å²) in [5.41, 5.74) is 1.13. The van der Waals surface area contributed by atoms with E-state index >= 15 is 0 Å². The van der Waals surface area contributed by atoms with Crippen LogP contribution in [-0.2, 0) is 9.53 Å². The molecule has 1 unspecified atom stereocenters. The molecular formula is C23H34N2O3. The molecule has 1 atom stereocenters. The van der Waals surface area contributed by atoms with Crippen LogP contribution in [0.3, 0.4) is 0 Å². The van der Waals surface area contributed by atoms with Crippen molar-refractivity contribution in [1.82, 2.24) is 4.90 Å². The van der Waals surface area contributed by atoms with Crippen LogP contribution >= 0.6 is 0 Å². The number of hydrogen-bond donors (Lipinski definition) is 1. The van der Waals surface area contributed by atoms with Gasteiger partial charge in [0, 0.05) is 31.4 Å². The lowest BCUT2D eigenvalue weighted by Crippen LogP contribution is -2.59. The number of carbonyl (C=O) groups excluding carboxylic acids is 1. The molecule has 1 saturated carbocycles. The summed E-state index contributed by atoms with van der Waals surface area (Å²) >= 11 is 0. The van der Waals surface area contributed by atoms with Gasteiger partial charge in [0.15, 0.2) is 0 Å². The molecule has 0 bridgehead atoms. The van der Waals surface area contributed by atoms with Gasteiger partial charge >= 0.3 is 5.97 Å². The Morgan fingerprint density at radius 2 is 1.75 bits per heavy atom. The second-order valence-corrected chi connectivity index (χ2v) is 8.69. The van der Waals surface area contributed by atoms with E-state index in [1.54, 1.807) is 0 Å². The Balaban J connectivity index is 1.36. The minimum absolute atomic E-state index is 0.00821. The van der Waals surface area contributed by atoms with Gasteiger partial charge in [-0.25, -0.2) is 0 Å². The predicted octanol–water partition coefficient (Wildman–Crippen LogP) is 3.21. The van der Waals surface area contributed by atoms with Crippen LogP contribution in [0.4, 0.5) is 5.69 Å². The molecule has 2 saturated heterocycles. The summed E-state index contributed by atoms with van der Waals surface area (Å²) in [7, 11) is 0. The molecule has 1 spiro atoms. The van der Waals surface area contributed by atoms with Crippen molar-refractivity contribution in [3.05, 3.63) is 30.3 Å². The maximum Gasteiger partial charge on any atom is 0.308 e. The van der Waals surface area contributed by atoms with Crippen LogP contribution in [0.25, 0.3) is 0 Å². The smallest absolute Gasteiger partial charge is 0.308 e. The predicted molar refractivity (Wildman–Crippen MR) is 110 cm³/mol. The van der Waals surface area contributed by atoms with Crippen LogP contribution in [0.5, 0.6) is 0 Å². The van der Waals surface area contributed by atoms with Gasteiger partial charge in [-0.05, 0) is 64.0 Å². The molecule has 0 radical (unpaired) electrons. The summed E-state index contributed by atoms with van der Waals surface area (Å²) in [5.74, 6) is 0.0867. The number of hydrogen-bond acceptors (Lipinski definition) is 5. The van der Waals surface area contributed by atoms with E-state index in [2.05, 4.69) is 40.1 Å². The summed E-state index contributed by atoms with van der Waals surface area (Å²) in [6, 6.07) is 11.1. The van der Waals surface area contributed by atoms with Gasteiger partial charge in [-0.3, -0.25) is 4.79 Å². The van der Waals surface area contributed by atoms with Crippen LogP contribution in [0.15, 0.2) is 30.3 Å². The van der Waals surface area contributed by atoms with Crippen molar-refractivity contribution in [2.45, 2.75) is 69.6 Å². The summed E-state index contributed by atoms with van der Waals surface area (Å²) in [4.78, 5) is 17.1. The zero-order valence-corrected chi connectivity index (χ0v) is 17.1. The fraction of sp³-hybridized carbons (Fsp3) is 0.696. The van der Waals surface area contributed by atoms with Crippen LogP contribution in [0.2, 0.25) is 0 Å². The van der Waals surface area contributed by atoms with Crippen molar-refractivity contribution in [2.24, 2.45) is 5.92 Å². The third-order valence-electron chi connectivity index (χ3n) is 7.35. The van der Waals surface area contributed by atoms with Gasteiger partial charge in [0.25, 0.3) is 0 Å². The number of nitrogens with zero attached hydrogens (tertiary/aromatic N) is 2. The summed E-state index contributed by atoms with van der Waals surface area (Å²) < 4.78 is 5.21. The number of piperidine rings is 1. The summed E-state index contributed by atoms with van der Waals surface area (Å²) in [5, 5.41) is 10.9. The highest BCUT2D eigenvalue weighted by molar-refractivity contribution is 5.72. The first-order valence-electron chi connectivity index (χ1n) is 11.1. The molecule has 2 aliphatic heterocycles. The van der Waals surface area contributed by atoms with Crippen molar-refractivity contribution >= 4 is 11.7 Å². The minimum Gasteiger partial charge on any atom is -0.466 e. The molecule has 2 heterocycles. The van der Waals surface area contributed by atoms with E-state index < -0.39 is 0 Å². The van der Waals surface area contributed by atoms with Crippen molar-refractivity contribution < 1.29 is 14.6 Å². The quantitative estimate of drug-likeness (QED) is 0.806. The van der Waals surface area contributed by atoms with Gasteiger partial charge in [-0.15, -0.1) is 0 Å². The van der Waals surface area contributed by atoms with E-state index in [1.165, 1.54) is 5.69 Å². The van der Waals surface area contributed by atoms with E-state index in [0.717, 1.165) is 64.6 Å². The van der Waals surface area contributed by atoms with Crippen LogP contribution < -0.4 is 4.90 Å². The molecule has 3 aliphatic rings. The summed E-state index contributed by atoms with van der Waals surface area (Å²) in [6.07, 6.45) is 6.72. The van der Waals surface area contributed by atoms with Gasteiger partial charge in [-0.2, -0.15) is 0 Å². The SMILES string of the molecule is CCOC(=O)C1CCC(N2CCC3(CC2)C(O)CCN3c2ccccc2)CC1. The molecule has 4 rings (SSSR count). The standard InChI is InChI=1S/C23H34N2O3/c1-2-28-22(27)18-8-10-19(11-9-18)24-16-13-23(14-17-24)21(26)12-15-25(23)20-6-4-3-5-7-20/h3-7,18-19,21,26H,2,8-17H2,1H3. The largest absolute Gasteiger partial charge is 0.466 e. The first-order valence-corrected chi connectivity index (χ1v) is 11.1. The number of esters is 1. The number of ether oxygens (including phenoxy) is 1. The highest BCUT2D eigenvalue weighted by atomic mass is 16.5. The van der Waals surface area contributed by atoms with Crippen LogP contribution in [0, 0.1) is 5.92 Å². The van der Waals surface area contributed by atoms with Crippen molar-refractivity contribution in [3.63, 3.8) is 0 Å². The van der Waals surface area contributed by atoms with E-state index in [-0.39, 0.29) is 23.5 Å². The Bertz CT molecular complexity index is 649. The van der Waals surface area contributed by atoms with Gasteiger partial charge in [0.2, 0.25) is 0 Å². The van der Waals surface area contributed by atoms with Gasteiger partial charge in [0.05, 0.1) is 24.2 Å². The number of likely N-dealkylation sites (tertiary alicyclic amines) is 1. The molecule has 1 aromatic carbocycles. The lowest BCUT2D eigenvalue weighted by molar-refractivity contribution is -0.149. The number of aliphatic hydroxyl groups excluding tert-OH is 1. The molecule has 1 aromatic rings. The molecule has 5 nitrogen and oxygen atoms in total. The number of benzene rings is 1. The molecule has 28 heavy (non-hydrogen) atoms. The molecule has 3 fully saturated rings. The molecule has 0 aromatic heterocycles. The Morgan fingerprint density at radius 1 is 1.07 bits per heavy atom. The molecular weight excluding hydrogens is 352 g/mol. The lowest BCUT2D eigenvalue weighted by atomic mass is 9.80. The summed E-state index contributed by atoms with van der Waals surface area (Å²) in [6.45, 7) is 5.37. The average Bonchev–Trinajstić information content (AvgIpc) is 3.05. The number of carbonyl (C=O) groups is 1. The molecule has 1 N–H and O–H groups in total. The monoisotopic (exact) mass is 386 g/mol. The van der Waals surface area contributed by atoms with Crippen molar-refractivity contribution in [2.75, 3.05) is 31.1 Å². The fourth-order valence-corrected chi connectivity index (χ4v) is 5.73.